The van der Waals surface area contributed by atoms with Crippen LogP contribution in [-0.4, -0.2) is 49.9 Å². The predicted octanol–water partition coefficient (Wildman–Crippen LogP) is 3.76. The second-order valence-electron chi connectivity index (χ2n) is 7.50. The Morgan fingerprint density at radius 2 is 1.79 bits per heavy atom. The van der Waals surface area contributed by atoms with Crippen LogP contribution in [0.3, 0.4) is 0 Å². The highest BCUT2D eigenvalue weighted by molar-refractivity contribution is 5.88. The van der Waals surface area contributed by atoms with Gasteiger partial charge < -0.3 is 20.3 Å². The standard InChI is InChI=1S/C24H21N7O2/c1-2-21(32)31-13-17(14-31)29-24-25-12-20-22(30-24)23(27-15-26-20)28-16-8-10-19(11-9-16)33-18-6-4-3-5-7-18/h2-12,15,17H,1,13-14H2,(H,25,29,30)(H,26,27,28). The fourth-order valence-corrected chi connectivity index (χ4v) is 3.44. The Morgan fingerprint density at radius 1 is 1.03 bits per heavy atom. The molecule has 1 aliphatic rings. The van der Waals surface area contributed by atoms with Gasteiger partial charge in [-0.3, -0.25) is 4.79 Å². The summed E-state index contributed by atoms with van der Waals surface area (Å²) in [5.41, 5.74) is 2.05. The van der Waals surface area contributed by atoms with Crippen molar-refractivity contribution in [1.29, 1.82) is 0 Å². The van der Waals surface area contributed by atoms with Crippen molar-refractivity contribution >= 4 is 34.4 Å². The number of carbonyl (C=O) groups is 1. The number of fused-ring (bicyclic) bond motifs is 1. The van der Waals surface area contributed by atoms with Crippen LogP contribution >= 0.6 is 0 Å². The average Bonchev–Trinajstić information content (AvgIpc) is 2.83. The molecule has 1 saturated heterocycles. The summed E-state index contributed by atoms with van der Waals surface area (Å²) in [6.07, 6.45) is 4.44. The van der Waals surface area contributed by atoms with Gasteiger partial charge in [0.25, 0.3) is 0 Å². The number of hydrogen-bond donors (Lipinski definition) is 2. The fourth-order valence-electron chi connectivity index (χ4n) is 3.44. The largest absolute Gasteiger partial charge is 0.457 e. The molecule has 9 nitrogen and oxygen atoms in total. The Bertz CT molecular complexity index is 1290. The number of rotatable bonds is 7. The summed E-state index contributed by atoms with van der Waals surface area (Å²) in [6.45, 7) is 4.68. The summed E-state index contributed by atoms with van der Waals surface area (Å²) in [7, 11) is 0. The predicted molar refractivity (Wildman–Crippen MR) is 126 cm³/mol. The minimum Gasteiger partial charge on any atom is -0.457 e. The molecule has 1 fully saturated rings. The molecule has 9 heteroatoms. The number of nitrogens with one attached hydrogen (secondary N) is 2. The first kappa shape index (κ1) is 20.4. The third kappa shape index (κ3) is 4.57. The van der Waals surface area contributed by atoms with E-state index in [2.05, 4.69) is 37.1 Å². The maximum Gasteiger partial charge on any atom is 0.246 e. The number of likely N-dealkylation sites (tertiary alicyclic amines) is 1. The second-order valence-corrected chi connectivity index (χ2v) is 7.50. The molecule has 0 spiro atoms. The second kappa shape index (κ2) is 8.91. The molecular weight excluding hydrogens is 418 g/mol. The molecule has 0 aliphatic carbocycles. The molecule has 0 radical (unpaired) electrons. The van der Waals surface area contributed by atoms with Gasteiger partial charge in [-0.15, -0.1) is 0 Å². The molecule has 5 rings (SSSR count). The van der Waals surface area contributed by atoms with Crippen LogP contribution in [0.5, 0.6) is 11.5 Å². The van der Waals surface area contributed by atoms with E-state index in [1.165, 1.54) is 12.4 Å². The molecule has 0 unspecified atom stereocenters. The van der Waals surface area contributed by atoms with Gasteiger partial charge in [-0.2, -0.15) is 0 Å². The van der Waals surface area contributed by atoms with E-state index in [1.54, 1.807) is 11.1 Å². The first-order valence-corrected chi connectivity index (χ1v) is 10.4. The van der Waals surface area contributed by atoms with Crippen LogP contribution in [0.25, 0.3) is 11.0 Å². The highest BCUT2D eigenvalue weighted by Gasteiger charge is 2.29. The zero-order chi connectivity index (χ0) is 22.6. The minimum atomic E-state index is -0.0763. The topological polar surface area (TPSA) is 105 Å². The Balaban J connectivity index is 1.29. The number of aromatic nitrogens is 4. The van der Waals surface area contributed by atoms with Crippen LogP contribution in [0.15, 0.2) is 79.8 Å². The van der Waals surface area contributed by atoms with Crippen LogP contribution in [0.2, 0.25) is 0 Å². The van der Waals surface area contributed by atoms with Gasteiger partial charge in [-0.05, 0) is 42.5 Å². The molecule has 1 aliphatic heterocycles. The molecule has 2 aromatic carbocycles. The molecule has 0 saturated carbocycles. The van der Waals surface area contributed by atoms with E-state index in [9.17, 15) is 4.79 Å². The number of amides is 1. The van der Waals surface area contributed by atoms with Gasteiger partial charge in [0.15, 0.2) is 5.82 Å². The van der Waals surface area contributed by atoms with Crippen LogP contribution in [0, 0.1) is 0 Å². The number of nitrogens with zero attached hydrogens (tertiary/aromatic N) is 5. The van der Waals surface area contributed by atoms with Crippen molar-refractivity contribution in [2.24, 2.45) is 0 Å². The maximum atomic E-state index is 11.6. The molecule has 2 N–H and O–H groups in total. The Hall–Kier alpha value is -4.53. The van der Waals surface area contributed by atoms with Crippen molar-refractivity contribution in [3.63, 3.8) is 0 Å². The lowest BCUT2D eigenvalue weighted by atomic mass is 10.1. The van der Waals surface area contributed by atoms with E-state index in [-0.39, 0.29) is 11.9 Å². The van der Waals surface area contributed by atoms with Crippen molar-refractivity contribution in [3.8, 4) is 11.5 Å². The minimum absolute atomic E-state index is 0.0763. The summed E-state index contributed by atoms with van der Waals surface area (Å²) in [4.78, 5) is 30.9. The first-order valence-electron chi connectivity index (χ1n) is 10.4. The number of ether oxygens (including phenoxy) is 1. The maximum absolute atomic E-state index is 11.6. The van der Waals surface area contributed by atoms with E-state index < -0.39 is 0 Å². The fraction of sp³-hybridized carbons (Fsp3) is 0.125. The van der Waals surface area contributed by atoms with E-state index in [0.29, 0.717) is 35.9 Å². The summed E-state index contributed by atoms with van der Waals surface area (Å²) in [5, 5.41) is 6.54. The number of para-hydroxylation sites is 1. The van der Waals surface area contributed by atoms with Gasteiger partial charge in [0.05, 0.1) is 12.2 Å². The van der Waals surface area contributed by atoms with Gasteiger partial charge in [0, 0.05) is 18.8 Å². The van der Waals surface area contributed by atoms with Crippen molar-refractivity contribution in [2.75, 3.05) is 23.7 Å². The van der Waals surface area contributed by atoms with Gasteiger partial charge >= 0.3 is 0 Å². The zero-order valence-electron chi connectivity index (χ0n) is 17.7. The van der Waals surface area contributed by atoms with Gasteiger partial charge in [0.1, 0.15) is 28.9 Å². The molecule has 1 amide bonds. The van der Waals surface area contributed by atoms with Crippen LogP contribution in [0.1, 0.15) is 0 Å². The van der Waals surface area contributed by atoms with E-state index in [4.69, 9.17) is 4.74 Å². The van der Waals surface area contributed by atoms with Gasteiger partial charge in [-0.1, -0.05) is 24.8 Å². The van der Waals surface area contributed by atoms with Gasteiger partial charge in [0.2, 0.25) is 11.9 Å². The van der Waals surface area contributed by atoms with E-state index in [0.717, 1.165) is 17.2 Å². The smallest absolute Gasteiger partial charge is 0.246 e. The molecule has 164 valence electrons. The first-order chi connectivity index (χ1) is 16.2. The number of anilines is 3. The van der Waals surface area contributed by atoms with Crippen molar-refractivity contribution in [3.05, 3.63) is 79.8 Å². The SMILES string of the molecule is C=CC(=O)N1CC(Nc2ncc3ncnc(Nc4ccc(Oc5ccccc5)cc4)c3n2)C1. The third-order valence-corrected chi connectivity index (χ3v) is 5.17. The highest BCUT2D eigenvalue weighted by Crippen LogP contribution is 2.26. The summed E-state index contributed by atoms with van der Waals surface area (Å²) in [6, 6.07) is 17.3. The molecule has 4 aromatic rings. The zero-order valence-corrected chi connectivity index (χ0v) is 17.7. The van der Waals surface area contributed by atoms with Crippen LogP contribution in [0.4, 0.5) is 17.5 Å². The number of benzene rings is 2. The molecular formula is C24H21N7O2. The lowest BCUT2D eigenvalue weighted by Gasteiger charge is -2.38. The lowest BCUT2D eigenvalue weighted by molar-refractivity contribution is -0.129. The van der Waals surface area contributed by atoms with Crippen molar-refractivity contribution < 1.29 is 9.53 Å². The summed E-state index contributed by atoms with van der Waals surface area (Å²) in [5.74, 6) is 2.47. The normalized spacial score (nSPS) is 13.3. The lowest BCUT2D eigenvalue weighted by Crippen LogP contribution is -2.56. The highest BCUT2D eigenvalue weighted by atomic mass is 16.5. The monoisotopic (exact) mass is 439 g/mol. The Labute approximate surface area is 190 Å². The molecule has 3 heterocycles. The van der Waals surface area contributed by atoms with Crippen LogP contribution in [-0.2, 0) is 4.79 Å². The van der Waals surface area contributed by atoms with Crippen molar-refractivity contribution in [2.45, 2.75) is 6.04 Å². The number of hydrogen-bond acceptors (Lipinski definition) is 8. The van der Waals surface area contributed by atoms with Crippen LogP contribution < -0.4 is 15.4 Å². The molecule has 2 aromatic heterocycles. The Morgan fingerprint density at radius 3 is 2.55 bits per heavy atom. The average molecular weight is 439 g/mol. The molecule has 33 heavy (non-hydrogen) atoms. The third-order valence-electron chi connectivity index (χ3n) is 5.17. The number of carbonyl (C=O) groups excluding carboxylic acids is 1. The summed E-state index contributed by atoms with van der Waals surface area (Å²) >= 11 is 0. The molecule has 0 bridgehead atoms. The molecule has 0 atom stereocenters. The Kier molecular flexibility index (Phi) is 5.50. The quantitative estimate of drug-likeness (QED) is 0.419. The van der Waals surface area contributed by atoms with Gasteiger partial charge in [-0.25, -0.2) is 19.9 Å². The summed E-state index contributed by atoms with van der Waals surface area (Å²) < 4.78 is 5.84. The van der Waals surface area contributed by atoms with Crippen molar-refractivity contribution in [1.82, 2.24) is 24.8 Å². The van der Waals surface area contributed by atoms with E-state index in [1.807, 2.05) is 54.6 Å². The van der Waals surface area contributed by atoms with E-state index >= 15 is 0 Å².